The zero-order valence-electron chi connectivity index (χ0n) is 14.8. The third kappa shape index (κ3) is 3.72. The van der Waals surface area contributed by atoms with Gasteiger partial charge in [0.1, 0.15) is 17.0 Å². The summed E-state index contributed by atoms with van der Waals surface area (Å²) < 4.78 is 15.7. The molecule has 1 heterocycles. The third-order valence-corrected chi connectivity index (χ3v) is 4.56. The van der Waals surface area contributed by atoms with E-state index in [2.05, 4.69) is 10.5 Å². The summed E-state index contributed by atoms with van der Waals surface area (Å²) in [4.78, 5) is 12.9. The number of nitrogens with zero attached hydrogens (tertiary/aromatic N) is 1. The number of benzene rings is 2. The summed E-state index contributed by atoms with van der Waals surface area (Å²) in [6, 6.07) is 10.1. The van der Waals surface area contributed by atoms with Crippen LogP contribution in [-0.2, 0) is 0 Å². The summed E-state index contributed by atoms with van der Waals surface area (Å²) in [6.45, 7) is 1.64. The van der Waals surface area contributed by atoms with E-state index in [4.69, 9.17) is 37.2 Å². The fourth-order valence-electron chi connectivity index (χ4n) is 2.64. The quantitative estimate of drug-likeness (QED) is 0.627. The van der Waals surface area contributed by atoms with Crippen LogP contribution in [0.5, 0.6) is 11.5 Å². The van der Waals surface area contributed by atoms with Crippen molar-refractivity contribution in [2.24, 2.45) is 0 Å². The predicted octanol–water partition coefficient (Wildman–Crippen LogP) is 5.23. The van der Waals surface area contributed by atoms with Crippen molar-refractivity contribution in [1.82, 2.24) is 5.16 Å². The summed E-state index contributed by atoms with van der Waals surface area (Å²) >= 11 is 12.5. The molecule has 8 heteroatoms. The molecule has 1 amide bonds. The molecule has 0 aliphatic carbocycles. The number of hydrogen-bond donors (Lipinski definition) is 1. The summed E-state index contributed by atoms with van der Waals surface area (Å²) in [5, 5.41) is 7.52. The molecule has 0 aliphatic heterocycles. The van der Waals surface area contributed by atoms with Crippen LogP contribution >= 0.6 is 23.2 Å². The Morgan fingerprint density at radius 3 is 2.37 bits per heavy atom. The highest BCUT2D eigenvalue weighted by Gasteiger charge is 2.25. The predicted molar refractivity (Wildman–Crippen MR) is 104 cm³/mol. The van der Waals surface area contributed by atoms with E-state index in [1.807, 2.05) is 0 Å². The van der Waals surface area contributed by atoms with E-state index < -0.39 is 5.91 Å². The number of carbonyl (C=O) groups excluding carboxylic acids is 1. The largest absolute Gasteiger partial charge is 0.493 e. The van der Waals surface area contributed by atoms with Crippen LogP contribution < -0.4 is 14.8 Å². The molecule has 1 N–H and O–H groups in total. The Kier molecular flexibility index (Phi) is 5.58. The van der Waals surface area contributed by atoms with Gasteiger partial charge in [-0.05, 0) is 31.2 Å². The molecule has 6 nitrogen and oxygen atoms in total. The highest BCUT2D eigenvalue weighted by atomic mass is 35.5. The van der Waals surface area contributed by atoms with Gasteiger partial charge in [0.05, 0.1) is 24.3 Å². The molecule has 2 aromatic carbocycles. The molecule has 27 heavy (non-hydrogen) atoms. The smallest absolute Gasteiger partial charge is 0.261 e. The molecule has 0 atom stereocenters. The van der Waals surface area contributed by atoms with Crippen molar-refractivity contribution in [2.75, 3.05) is 19.5 Å². The van der Waals surface area contributed by atoms with Gasteiger partial charge in [-0.2, -0.15) is 0 Å². The summed E-state index contributed by atoms with van der Waals surface area (Å²) in [6.07, 6.45) is 0. The number of amides is 1. The maximum absolute atomic E-state index is 12.9. The number of hydrogen-bond acceptors (Lipinski definition) is 5. The standard InChI is InChI=1S/C19H16Cl2N2O4/c1-10-16(18(23-27-10)17-12(20)5-4-6-13(17)21)19(24)22-11-7-8-14(25-2)15(9-11)26-3/h4-9H,1-3H3,(H,22,24). The van der Waals surface area contributed by atoms with Crippen LogP contribution in [0, 0.1) is 6.92 Å². The van der Waals surface area contributed by atoms with Crippen molar-refractivity contribution >= 4 is 34.8 Å². The van der Waals surface area contributed by atoms with Crippen molar-refractivity contribution in [1.29, 1.82) is 0 Å². The Morgan fingerprint density at radius 1 is 1.07 bits per heavy atom. The van der Waals surface area contributed by atoms with E-state index in [0.29, 0.717) is 38.6 Å². The van der Waals surface area contributed by atoms with Crippen molar-refractivity contribution < 1.29 is 18.8 Å². The lowest BCUT2D eigenvalue weighted by Gasteiger charge is -2.11. The van der Waals surface area contributed by atoms with E-state index in [0.717, 1.165) is 0 Å². The molecule has 0 unspecified atom stereocenters. The summed E-state index contributed by atoms with van der Waals surface area (Å²) in [5.41, 5.74) is 1.49. The number of methoxy groups -OCH3 is 2. The van der Waals surface area contributed by atoms with Gasteiger partial charge in [-0.25, -0.2) is 0 Å². The number of ether oxygens (including phenoxy) is 2. The zero-order chi connectivity index (χ0) is 19.6. The number of carbonyl (C=O) groups is 1. The van der Waals surface area contributed by atoms with E-state index in [-0.39, 0.29) is 11.3 Å². The third-order valence-electron chi connectivity index (χ3n) is 3.93. The molecule has 0 aliphatic rings. The highest BCUT2D eigenvalue weighted by Crippen LogP contribution is 2.37. The molecule has 0 fully saturated rings. The second kappa shape index (κ2) is 7.90. The van der Waals surface area contributed by atoms with Crippen molar-refractivity contribution in [3.63, 3.8) is 0 Å². The number of anilines is 1. The topological polar surface area (TPSA) is 73.6 Å². The van der Waals surface area contributed by atoms with Gasteiger partial charge >= 0.3 is 0 Å². The van der Waals surface area contributed by atoms with Crippen molar-refractivity contribution in [3.8, 4) is 22.8 Å². The molecule has 3 rings (SSSR count). The Balaban J connectivity index is 1.98. The maximum atomic E-state index is 12.9. The first-order chi connectivity index (χ1) is 13.0. The van der Waals surface area contributed by atoms with Crippen LogP contribution in [0.15, 0.2) is 40.9 Å². The fourth-order valence-corrected chi connectivity index (χ4v) is 3.22. The van der Waals surface area contributed by atoms with Gasteiger partial charge in [0.2, 0.25) is 0 Å². The molecule has 3 aromatic rings. The molecule has 1 aromatic heterocycles. The Bertz CT molecular complexity index is 981. The first kappa shape index (κ1) is 19.1. The lowest BCUT2D eigenvalue weighted by molar-refractivity contribution is 0.102. The van der Waals surface area contributed by atoms with Crippen LogP contribution in [0.1, 0.15) is 16.1 Å². The monoisotopic (exact) mass is 406 g/mol. The van der Waals surface area contributed by atoms with E-state index in [1.165, 1.54) is 14.2 Å². The van der Waals surface area contributed by atoms with Gasteiger partial charge in [0.25, 0.3) is 5.91 Å². The lowest BCUT2D eigenvalue weighted by atomic mass is 10.1. The van der Waals surface area contributed by atoms with Gasteiger partial charge in [-0.1, -0.05) is 34.4 Å². The molecule has 140 valence electrons. The minimum atomic E-state index is -0.410. The number of rotatable bonds is 5. The second-order valence-electron chi connectivity index (χ2n) is 5.58. The minimum Gasteiger partial charge on any atom is -0.493 e. The number of aryl methyl sites for hydroxylation is 1. The molecular weight excluding hydrogens is 391 g/mol. The van der Waals surface area contributed by atoms with Gasteiger partial charge in [-0.3, -0.25) is 4.79 Å². The fraction of sp³-hybridized carbons (Fsp3) is 0.158. The zero-order valence-corrected chi connectivity index (χ0v) is 16.3. The SMILES string of the molecule is COc1ccc(NC(=O)c2c(-c3c(Cl)cccc3Cl)noc2C)cc1OC. The molecule has 0 saturated heterocycles. The highest BCUT2D eigenvalue weighted by molar-refractivity contribution is 6.39. The van der Waals surface area contributed by atoms with Gasteiger partial charge < -0.3 is 19.3 Å². The van der Waals surface area contributed by atoms with Gasteiger partial charge in [0, 0.05) is 17.3 Å². The Labute approximate surface area is 166 Å². The maximum Gasteiger partial charge on any atom is 0.261 e. The van der Waals surface area contributed by atoms with Crippen LogP contribution in [0.2, 0.25) is 10.0 Å². The Hall–Kier alpha value is -2.70. The van der Waals surface area contributed by atoms with E-state index in [1.54, 1.807) is 43.3 Å². The number of halogens is 2. The molecule has 0 saturated carbocycles. The number of aromatic nitrogens is 1. The lowest BCUT2D eigenvalue weighted by Crippen LogP contribution is -2.13. The van der Waals surface area contributed by atoms with E-state index >= 15 is 0 Å². The van der Waals surface area contributed by atoms with Crippen molar-refractivity contribution in [3.05, 3.63) is 57.8 Å². The first-order valence-corrected chi connectivity index (χ1v) is 8.66. The van der Waals surface area contributed by atoms with Crippen molar-refractivity contribution in [2.45, 2.75) is 6.92 Å². The summed E-state index contributed by atoms with van der Waals surface area (Å²) in [5.74, 6) is 0.984. The molecule has 0 radical (unpaired) electrons. The first-order valence-electron chi connectivity index (χ1n) is 7.90. The van der Waals surface area contributed by atoms with Crippen LogP contribution in [0.25, 0.3) is 11.3 Å². The second-order valence-corrected chi connectivity index (χ2v) is 6.40. The number of nitrogens with one attached hydrogen (secondary N) is 1. The molecule has 0 spiro atoms. The van der Waals surface area contributed by atoms with Crippen LogP contribution in [0.3, 0.4) is 0 Å². The minimum absolute atomic E-state index is 0.250. The van der Waals surface area contributed by atoms with Crippen LogP contribution in [0.4, 0.5) is 5.69 Å². The molecule has 0 bridgehead atoms. The summed E-state index contributed by atoms with van der Waals surface area (Å²) in [7, 11) is 3.06. The van der Waals surface area contributed by atoms with Crippen LogP contribution in [-0.4, -0.2) is 25.3 Å². The average molecular weight is 407 g/mol. The average Bonchev–Trinajstić information content (AvgIpc) is 3.02. The normalized spacial score (nSPS) is 10.6. The Morgan fingerprint density at radius 2 is 1.74 bits per heavy atom. The van der Waals surface area contributed by atoms with Gasteiger partial charge in [-0.15, -0.1) is 0 Å². The van der Waals surface area contributed by atoms with Gasteiger partial charge in [0.15, 0.2) is 11.5 Å². The van der Waals surface area contributed by atoms with E-state index in [9.17, 15) is 4.79 Å². The molecular formula is C19H16Cl2N2O4.